The van der Waals surface area contributed by atoms with E-state index in [9.17, 15) is 4.79 Å². The van der Waals surface area contributed by atoms with Crippen LogP contribution in [-0.2, 0) is 0 Å². The predicted molar refractivity (Wildman–Crippen MR) is 54.6 cm³/mol. The molecule has 64 valence electrons. The van der Waals surface area contributed by atoms with Crippen LogP contribution in [0.25, 0.3) is 10.8 Å². The van der Waals surface area contributed by atoms with Gasteiger partial charge in [-0.1, -0.05) is 30.3 Å². The highest BCUT2D eigenvalue weighted by Gasteiger charge is 1.93. The fourth-order valence-corrected chi connectivity index (χ4v) is 1.28. The van der Waals surface area contributed by atoms with Gasteiger partial charge in [0.25, 0.3) is 0 Å². The quantitative estimate of drug-likeness (QED) is 0.656. The van der Waals surface area contributed by atoms with Crippen molar-refractivity contribution in [2.24, 2.45) is 0 Å². The summed E-state index contributed by atoms with van der Waals surface area (Å²) in [5.41, 5.74) is 5.67. The van der Waals surface area contributed by atoms with Crippen LogP contribution in [0.2, 0.25) is 0 Å². The summed E-state index contributed by atoms with van der Waals surface area (Å²) in [6.45, 7) is 0. The van der Waals surface area contributed by atoms with Gasteiger partial charge in [0.2, 0.25) is 5.43 Å². The Morgan fingerprint density at radius 1 is 0.923 bits per heavy atom. The van der Waals surface area contributed by atoms with Crippen LogP contribution in [0.3, 0.4) is 0 Å². The first kappa shape index (κ1) is 7.80. The first-order valence-electron chi connectivity index (χ1n) is 4.06. The highest BCUT2D eigenvalue weighted by Crippen LogP contribution is 2.10. The molecule has 0 saturated carbocycles. The van der Waals surface area contributed by atoms with Gasteiger partial charge in [-0.15, -0.1) is 0 Å². The van der Waals surface area contributed by atoms with E-state index in [1.807, 2.05) is 30.3 Å². The number of fused-ring (bicyclic) bond motifs is 1. The lowest BCUT2D eigenvalue weighted by Crippen LogP contribution is -2.01. The summed E-state index contributed by atoms with van der Waals surface area (Å²) in [6.07, 6.45) is 0. The van der Waals surface area contributed by atoms with Crippen molar-refractivity contribution < 1.29 is 0 Å². The summed E-state index contributed by atoms with van der Waals surface area (Å²) in [5, 5.41) is 1.94. The monoisotopic (exact) mass is 171 g/mol. The molecule has 0 unspecified atom stereocenters. The van der Waals surface area contributed by atoms with Gasteiger partial charge in [0.15, 0.2) is 0 Å². The van der Waals surface area contributed by atoms with E-state index in [2.05, 4.69) is 0 Å². The lowest BCUT2D eigenvalue weighted by molar-refractivity contribution is 1.66. The smallest absolute Gasteiger partial charge is 0.202 e. The van der Waals surface area contributed by atoms with Crippen LogP contribution >= 0.6 is 0 Å². The SMILES string of the molecule is Nc1ccc2ccccc2cc1=O. The minimum absolute atomic E-state index is 0.124. The fraction of sp³-hybridized carbons (Fsp3) is 0. The molecule has 2 N–H and O–H groups in total. The molecule has 2 heteroatoms. The predicted octanol–water partition coefficient (Wildman–Crippen LogP) is 1.78. The van der Waals surface area contributed by atoms with E-state index in [1.165, 1.54) is 0 Å². The van der Waals surface area contributed by atoms with Gasteiger partial charge in [0, 0.05) is 0 Å². The third-order valence-corrected chi connectivity index (χ3v) is 2.01. The van der Waals surface area contributed by atoms with Crippen LogP contribution in [0.4, 0.5) is 5.69 Å². The average molecular weight is 171 g/mol. The summed E-state index contributed by atoms with van der Waals surface area (Å²) >= 11 is 0. The van der Waals surface area contributed by atoms with E-state index >= 15 is 0 Å². The maximum Gasteiger partial charge on any atom is 0.202 e. The van der Waals surface area contributed by atoms with Crippen LogP contribution < -0.4 is 11.2 Å². The van der Waals surface area contributed by atoms with Crippen molar-refractivity contribution in [3.63, 3.8) is 0 Å². The minimum atomic E-state index is -0.124. The number of anilines is 1. The zero-order valence-corrected chi connectivity index (χ0v) is 7.03. The van der Waals surface area contributed by atoms with Crippen LogP contribution in [-0.4, -0.2) is 0 Å². The van der Waals surface area contributed by atoms with Gasteiger partial charge in [-0.3, -0.25) is 4.79 Å². The zero-order chi connectivity index (χ0) is 9.26. The van der Waals surface area contributed by atoms with Crippen molar-refractivity contribution in [1.82, 2.24) is 0 Å². The molecule has 0 fully saturated rings. The molecule has 2 rings (SSSR count). The molecule has 0 amide bonds. The van der Waals surface area contributed by atoms with Crippen LogP contribution in [0.5, 0.6) is 0 Å². The Hall–Kier alpha value is -1.83. The molecule has 0 heterocycles. The van der Waals surface area contributed by atoms with Gasteiger partial charge in [-0.25, -0.2) is 0 Å². The molecular formula is C11H9NO. The highest BCUT2D eigenvalue weighted by molar-refractivity contribution is 5.82. The highest BCUT2D eigenvalue weighted by atomic mass is 16.1. The van der Waals surface area contributed by atoms with E-state index in [0.717, 1.165) is 10.8 Å². The third kappa shape index (κ3) is 1.38. The number of rotatable bonds is 0. The van der Waals surface area contributed by atoms with Gasteiger partial charge in [-0.05, 0) is 22.9 Å². The van der Waals surface area contributed by atoms with Crippen molar-refractivity contribution in [3.8, 4) is 0 Å². The molecule has 13 heavy (non-hydrogen) atoms. The molecular weight excluding hydrogens is 162 g/mol. The number of benzene rings is 1. The summed E-state index contributed by atoms with van der Waals surface area (Å²) in [6, 6.07) is 12.7. The standard InChI is InChI=1S/C11H9NO/c12-10-6-5-8-3-1-2-4-9(8)7-11(10)13/h1-7H,(H2,12,13). The van der Waals surface area contributed by atoms with Gasteiger partial charge in [0.1, 0.15) is 0 Å². The van der Waals surface area contributed by atoms with Gasteiger partial charge >= 0.3 is 0 Å². The maximum absolute atomic E-state index is 11.3. The van der Waals surface area contributed by atoms with E-state index in [-0.39, 0.29) is 11.1 Å². The Bertz CT molecular complexity index is 505. The summed E-state index contributed by atoms with van der Waals surface area (Å²) in [5.74, 6) is 0. The third-order valence-electron chi connectivity index (χ3n) is 2.01. The molecule has 0 spiro atoms. The van der Waals surface area contributed by atoms with E-state index in [0.29, 0.717) is 0 Å². The summed E-state index contributed by atoms with van der Waals surface area (Å²) < 4.78 is 0. The molecule has 0 aliphatic heterocycles. The van der Waals surface area contributed by atoms with Crippen molar-refractivity contribution in [1.29, 1.82) is 0 Å². The molecule has 2 aromatic carbocycles. The van der Waals surface area contributed by atoms with E-state index < -0.39 is 0 Å². The lowest BCUT2D eigenvalue weighted by atomic mass is 10.2. The molecule has 2 aromatic rings. The zero-order valence-electron chi connectivity index (χ0n) is 7.03. The molecule has 0 bridgehead atoms. The van der Waals surface area contributed by atoms with Crippen LogP contribution in [0.1, 0.15) is 0 Å². The number of nitrogens with two attached hydrogens (primary N) is 1. The lowest BCUT2D eigenvalue weighted by Gasteiger charge is -1.87. The van der Waals surface area contributed by atoms with E-state index in [1.54, 1.807) is 12.1 Å². The first-order chi connectivity index (χ1) is 6.27. The summed E-state index contributed by atoms with van der Waals surface area (Å²) in [4.78, 5) is 11.3. The van der Waals surface area contributed by atoms with Crippen molar-refractivity contribution in [2.75, 3.05) is 5.73 Å². The maximum atomic E-state index is 11.3. The van der Waals surface area contributed by atoms with Crippen LogP contribution in [0.15, 0.2) is 47.3 Å². The van der Waals surface area contributed by atoms with Crippen molar-refractivity contribution in [3.05, 3.63) is 52.7 Å². The second kappa shape index (κ2) is 2.90. The number of hydrogen-bond donors (Lipinski definition) is 1. The molecule has 0 atom stereocenters. The first-order valence-corrected chi connectivity index (χ1v) is 4.06. The average Bonchev–Trinajstić information content (AvgIpc) is 2.28. The van der Waals surface area contributed by atoms with E-state index in [4.69, 9.17) is 5.73 Å². The number of nitrogen functional groups attached to an aromatic ring is 1. The molecule has 0 aliphatic carbocycles. The Balaban J connectivity index is 2.97. The van der Waals surface area contributed by atoms with Gasteiger partial charge in [-0.2, -0.15) is 0 Å². The normalized spacial score (nSPS) is 10.2. The minimum Gasteiger partial charge on any atom is -0.396 e. The second-order valence-corrected chi connectivity index (χ2v) is 2.93. The Morgan fingerprint density at radius 3 is 2.38 bits per heavy atom. The largest absolute Gasteiger partial charge is 0.396 e. The van der Waals surface area contributed by atoms with Gasteiger partial charge in [0.05, 0.1) is 5.69 Å². The summed E-state index contributed by atoms with van der Waals surface area (Å²) in [7, 11) is 0. The van der Waals surface area contributed by atoms with Crippen LogP contribution in [0, 0.1) is 0 Å². The number of hydrogen-bond acceptors (Lipinski definition) is 2. The molecule has 0 aliphatic rings. The topological polar surface area (TPSA) is 43.1 Å². The van der Waals surface area contributed by atoms with Gasteiger partial charge < -0.3 is 5.73 Å². The molecule has 0 aromatic heterocycles. The Morgan fingerprint density at radius 2 is 1.62 bits per heavy atom. The molecule has 2 nitrogen and oxygen atoms in total. The molecule has 0 radical (unpaired) electrons. The molecule has 0 saturated heterocycles. The Kier molecular flexibility index (Phi) is 1.74. The van der Waals surface area contributed by atoms with Crippen molar-refractivity contribution in [2.45, 2.75) is 0 Å². The Labute approximate surface area is 75.6 Å². The fourth-order valence-electron chi connectivity index (χ4n) is 1.28. The van der Waals surface area contributed by atoms with Crippen molar-refractivity contribution >= 4 is 16.5 Å². The second-order valence-electron chi connectivity index (χ2n) is 2.93.